The van der Waals surface area contributed by atoms with E-state index in [1.54, 1.807) is 0 Å². The third kappa shape index (κ3) is 8.63. The van der Waals surface area contributed by atoms with Crippen LogP contribution in [-0.2, 0) is 9.30 Å². The predicted molar refractivity (Wildman–Crippen MR) is 48.0 cm³/mol. The molecule has 0 saturated carbocycles. The van der Waals surface area contributed by atoms with Gasteiger partial charge in [0.2, 0.25) is 0 Å². The van der Waals surface area contributed by atoms with E-state index in [-0.39, 0.29) is 51.4 Å². The first-order chi connectivity index (χ1) is 7.57. The Morgan fingerprint density at radius 1 is 1.06 bits per heavy atom. The SMILES string of the molecule is O=P([O-])(O)O.OC[C@H]1OC(O)[C@H](O)[C@@H](O)[C@@H]1O.[K+]. The van der Waals surface area contributed by atoms with E-state index in [4.69, 9.17) is 44.8 Å². The van der Waals surface area contributed by atoms with Crippen LogP contribution in [0.5, 0.6) is 0 Å². The van der Waals surface area contributed by atoms with Crippen LogP contribution >= 0.6 is 7.82 Å². The summed E-state index contributed by atoms with van der Waals surface area (Å²) in [6, 6.07) is 0. The minimum absolute atomic E-state index is 0. The number of aliphatic hydroxyl groups is 5. The van der Waals surface area contributed by atoms with E-state index in [0.717, 1.165) is 0 Å². The second-order valence-electron chi connectivity index (χ2n) is 3.21. The van der Waals surface area contributed by atoms with Crippen molar-refractivity contribution < 1.29 is 101 Å². The van der Waals surface area contributed by atoms with Crippen LogP contribution < -0.4 is 56.3 Å². The van der Waals surface area contributed by atoms with Crippen molar-refractivity contribution in [3.63, 3.8) is 0 Å². The third-order valence-corrected chi connectivity index (χ3v) is 1.87. The molecule has 0 aromatic carbocycles. The van der Waals surface area contributed by atoms with Crippen molar-refractivity contribution in [2.24, 2.45) is 0 Å². The standard InChI is InChI=1S/C6H12O6.K.H3O4P/c7-1-2-3(8)4(9)5(10)6(11)12-2;;1-5(2,3)4/h2-11H,1H2;;(H3,1,2,3,4)/q;+1;/p-1/t2-,3-,4+,5-,6?;;/m1../s1. The minimum Gasteiger partial charge on any atom is -0.756 e. The summed E-state index contributed by atoms with van der Waals surface area (Å²) in [5, 5.41) is 44.7. The molecule has 18 heavy (non-hydrogen) atoms. The van der Waals surface area contributed by atoms with Crippen LogP contribution in [0, 0.1) is 0 Å². The summed E-state index contributed by atoms with van der Waals surface area (Å²) in [4.78, 5) is 22.9. The molecule has 0 spiro atoms. The van der Waals surface area contributed by atoms with Gasteiger partial charge in [0, 0.05) is 0 Å². The average molecular weight is 316 g/mol. The Labute approximate surface area is 145 Å². The molecule has 7 N–H and O–H groups in total. The summed E-state index contributed by atoms with van der Waals surface area (Å²) in [6.45, 7) is -0.526. The first-order valence-corrected chi connectivity index (χ1v) is 5.86. The molecule has 0 amide bonds. The molecule has 12 heteroatoms. The molecule has 1 aliphatic rings. The van der Waals surface area contributed by atoms with E-state index < -0.39 is 45.1 Å². The Balaban J connectivity index is 0. The van der Waals surface area contributed by atoms with E-state index >= 15 is 0 Å². The largest absolute Gasteiger partial charge is 1.00 e. The number of phosphoric acid groups is 1. The van der Waals surface area contributed by atoms with Gasteiger partial charge >= 0.3 is 51.4 Å². The van der Waals surface area contributed by atoms with Gasteiger partial charge in [0.25, 0.3) is 7.82 Å². The van der Waals surface area contributed by atoms with Crippen molar-refractivity contribution >= 4 is 7.82 Å². The number of rotatable bonds is 1. The monoisotopic (exact) mass is 316 g/mol. The molecule has 0 aliphatic carbocycles. The molecule has 0 aromatic rings. The molecule has 104 valence electrons. The Morgan fingerprint density at radius 3 is 1.78 bits per heavy atom. The molecule has 0 radical (unpaired) electrons. The van der Waals surface area contributed by atoms with E-state index in [1.165, 1.54) is 0 Å². The molecular weight excluding hydrogens is 302 g/mol. The quantitative estimate of drug-likeness (QED) is 0.180. The Morgan fingerprint density at radius 2 is 1.44 bits per heavy atom. The van der Waals surface area contributed by atoms with Gasteiger partial charge in [0.1, 0.15) is 24.4 Å². The molecule has 0 aromatic heterocycles. The smallest absolute Gasteiger partial charge is 0.756 e. The average Bonchev–Trinajstić information content (AvgIpc) is 2.18. The van der Waals surface area contributed by atoms with Gasteiger partial charge in [-0.2, -0.15) is 0 Å². The van der Waals surface area contributed by atoms with Crippen LogP contribution in [0.2, 0.25) is 0 Å². The topological polar surface area (TPSA) is 191 Å². The van der Waals surface area contributed by atoms with Crippen LogP contribution in [0.3, 0.4) is 0 Å². The van der Waals surface area contributed by atoms with Gasteiger partial charge in [-0.3, -0.25) is 4.57 Å². The van der Waals surface area contributed by atoms with Crippen LogP contribution in [0.25, 0.3) is 0 Å². The second-order valence-corrected chi connectivity index (χ2v) is 4.19. The van der Waals surface area contributed by atoms with E-state index in [2.05, 4.69) is 4.74 Å². The van der Waals surface area contributed by atoms with Crippen molar-refractivity contribution in [1.29, 1.82) is 0 Å². The Hall–Kier alpha value is 1.51. The zero-order valence-corrected chi connectivity index (χ0v) is 13.4. The second kappa shape index (κ2) is 9.44. The zero-order valence-electron chi connectivity index (χ0n) is 9.40. The summed E-state index contributed by atoms with van der Waals surface area (Å²) < 4.78 is 13.3. The maximum absolute atomic E-state index is 9.12. The summed E-state index contributed by atoms with van der Waals surface area (Å²) in [7, 11) is -4.89. The van der Waals surface area contributed by atoms with Crippen molar-refractivity contribution in [3.05, 3.63) is 0 Å². The first kappa shape index (κ1) is 21.8. The van der Waals surface area contributed by atoms with Gasteiger partial charge in [0.05, 0.1) is 6.61 Å². The van der Waals surface area contributed by atoms with Crippen LogP contribution in [-0.4, -0.2) is 72.6 Å². The predicted octanol–water partition coefficient (Wildman–Crippen LogP) is -7.78. The van der Waals surface area contributed by atoms with Gasteiger partial charge in [-0.25, -0.2) is 0 Å². The van der Waals surface area contributed by atoms with E-state index in [1.807, 2.05) is 0 Å². The summed E-state index contributed by atoms with van der Waals surface area (Å²) in [5.74, 6) is 0. The number of aliphatic hydroxyl groups excluding tert-OH is 5. The fourth-order valence-electron chi connectivity index (χ4n) is 1.08. The summed E-state index contributed by atoms with van der Waals surface area (Å²) >= 11 is 0. The molecule has 1 fully saturated rings. The molecule has 0 bridgehead atoms. The fraction of sp³-hybridized carbons (Fsp3) is 1.00. The van der Waals surface area contributed by atoms with Gasteiger partial charge in [-0.15, -0.1) is 0 Å². The molecule has 10 nitrogen and oxygen atoms in total. The van der Waals surface area contributed by atoms with Crippen LogP contribution in [0.1, 0.15) is 0 Å². The summed E-state index contributed by atoms with van der Waals surface area (Å²) in [6.07, 6.45) is -7.04. The van der Waals surface area contributed by atoms with E-state index in [9.17, 15) is 0 Å². The zero-order chi connectivity index (χ0) is 13.8. The fourth-order valence-corrected chi connectivity index (χ4v) is 1.08. The first-order valence-electron chi connectivity index (χ1n) is 4.33. The molecule has 5 atom stereocenters. The maximum Gasteiger partial charge on any atom is 1.00 e. The maximum atomic E-state index is 9.12. The summed E-state index contributed by atoms with van der Waals surface area (Å²) in [5.41, 5.74) is 0. The van der Waals surface area contributed by atoms with Crippen LogP contribution in [0.15, 0.2) is 0 Å². The molecule has 1 unspecified atom stereocenters. The Bertz CT molecular complexity index is 258. The molecule has 1 aliphatic heterocycles. The molecule has 1 heterocycles. The minimum atomic E-state index is -4.89. The number of hydrogen-bond acceptors (Lipinski definition) is 8. The van der Waals surface area contributed by atoms with Crippen LogP contribution in [0.4, 0.5) is 0 Å². The number of ether oxygens (including phenoxy) is 1. The van der Waals surface area contributed by atoms with Gasteiger partial charge < -0.3 is 44.9 Å². The van der Waals surface area contributed by atoms with Crippen molar-refractivity contribution in [3.8, 4) is 0 Å². The van der Waals surface area contributed by atoms with Crippen molar-refractivity contribution in [2.75, 3.05) is 6.61 Å². The van der Waals surface area contributed by atoms with Gasteiger partial charge in [-0.1, -0.05) is 0 Å². The van der Waals surface area contributed by atoms with Gasteiger partial charge in [0.15, 0.2) is 6.29 Å². The normalized spacial score (nSPS) is 36.1. The molecule has 1 rings (SSSR count). The Kier molecular flexibility index (Phi) is 11.4. The third-order valence-electron chi connectivity index (χ3n) is 1.87. The molecule has 1 saturated heterocycles. The van der Waals surface area contributed by atoms with Crippen molar-refractivity contribution in [2.45, 2.75) is 30.7 Å². The van der Waals surface area contributed by atoms with E-state index in [0.29, 0.717) is 0 Å². The van der Waals surface area contributed by atoms with Crippen molar-refractivity contribution in [1.82, 2.24) is 0 Å². The van der Waals surface area contributed by atoms with Gasteiger partial charge in [-0.05, 0) is 0 Å². The number of hydrogen-bond donors (Lipinski definition) is 7. The molecular formula is C6H14KO10P.